The first-order valence-corrected chi connectivity index (χ1v) is 7.32. The summed E-state index contributed by atoms with van der Waals surface area (Å²) in [6, 6.07) is 2.12. The van der Waals surface area contributed by atoms with Crippen molar-refractivity contribution in [2.45, 2.75) is 38.8 Å². The van der Waals surface area contributed by atoms with Crippen LogP contribution in [0.15, 0.2) is 18.2 Å². The number of rotatable bonds is 7. The molecule has 0 spiro atoms. The molecule has 136 valence electrons. The van der Waals surface area contributed by atoms with Gasteiger partial charge in [0.2, 0.25) is 6.41 Å². The number of hydrogen-bond donors (Lipinski definition) is 4. The summed E-state index contributed by atoms with van der Waals surface area (Å²) in [5.74, 6) is -2.35. The van der Waals surface area contributed by atoms with Crippen molar-refractivity contribution in [1.82, 2.24) is 5.32 Å². The minimum atomic E-state index is -1.53. The van der Waals surface area contributed by atoms with Crippen LogP contribution in [0.25, 0.3) is 0 Å². The van der Waals surface area contributed by atoms with Gasteiger partial charge in [0.15, 0.2) is 5.78 Å². The molecule has 0 aromatic heterocycles. The van der Waals surface area contributed by atoms with Crippen LogP contribution < -0.4 is 10.6 Å². The zero-order valence-electron chi connectivity index (χ0n) is 14.0. The van der Waals surface area contributed by atoms with E-state index >= 15 is 0 Å². The number of phenolic OH excluding ortho intramolecular Hbond substituents is 1. The van der Waals surface area contributed by atoms with E-state index in [4.69, 9.17) is 4.74 Å². The van der Waals surface area contributed by atoms with E-state index in [9.17, 15) is 29.4 Å². The average Bonchev–Trinajstić information content (AvgIpc) is 2.46. The number of aliphatic carboxylic acids is 1. The molecule has 1 aromatic carbocycles. The molecule has 1 atom stereocenters. The molecular weight excluding hydrogens is 332 g/mol. The number of ketones is 1. The Hall–Kier alpha value is -3.10. The van der Waals surface area contributed by atoms with Gasteiger partial charge in [-0.25, -0.2) is 9.59 Å². The molecule has 0 saturated carbocycles. The molecule has 25 heavy (non-hydrogen) atoms. The van der Waals surface area contributed by atoms with Gasteiger partial charge in [0, 0.05) is 12.0 Å². The predicted octanol–water partition coefficient (Wildman–Crippen LogP) is 1.51. The molecule has 0 heterocycles. The highest BCUT2D eigenvalue weighted by atomic mass is 16.6. The molecule has 0 saturated heterocycles. The largest absolute Gasteiger partial charge is 0.508 e. The van der Waals surface area contributed by atoms with Crippen molar-refractivity contribution in [3.63, 3.8) is 0 Å². The number of amides is 2. The molecule has 9 nitrogen and oxygen atoms in total. The number of benzene rings is 1. The highest BCUT2D eigenvalue weighted by Crippen LogP contribution is 2.23. The maximum Gasteiger partial charge on any atom is 0.408 e. The Morgan fingerprint density at radius 3 is 2.44 bits per heavy atom. The van der Waals surface area contributed by atoms with Gasteiger partial charge in [-0.2, -0.15) is 0 Å². The fraction of sp³-hybridized carbons (Fsp3) is 0.375. The summed E-state index contributed by atoms with van der Waals surface area (Å²) < 4.78 is 4.96. The topological polar surface area (TPSA) is 142 Å². The highest BCUT2D eigenvalue weighted by Gasteiger charge is 2.27. The molecule has 2 amide bonds. The number of ether oxygens (including phenoxy) is 1. The van der Waals surface area contributed by atoms with Crippen LogP contribution in [0.1, 0.15) is 37.6 Å². The molecule has 0 bridgehead atoms. The van der Waals surface area contributed by atoms with Crippen molar-refractivity contribution in [3.05, 3.63) is 23.8 Å². The summed E-state index contributed by atoms with van der Waals surface area (Å²) in [5.41, 5.74) is -0.799. The van der Waals surface area contributed by atoms with Gasteiger partial charge in [0.25, 0.3) is 0 Å². The number of carboxylic acids is 1. The molecule has 0 radical (unpaired) electrons. The van der Waals surface area contributed by atoms with Crippen LogP contribution in [0, 0.1) is 0 Å². The van der Waals surface area contributed by atoms with Crippen molar-refractivity contribution in [1.29, 1.82) is 0 Å². The lowest BCUT2D eigenvalue weighted by Gasteiger charge is -2.22. The van der Waals surface area contributed by atoms with Gasteiger partial charge >= 0.3 is 12.1 Å². The van der Waals surface area contributed by atoms with Crippen molar-refractivity contribution >= 4 is 29.9 Å². The van der Waals surface area contributed by atoms with E-state index < -0.39 is 35.9 Å². The monoisotopic (exact) mass is 352 g/mol. The lowest BCUT2D eigenvalue weighted by molar-refractivity contribution is -0.139. The number of anilines is 1. The Morgan fingerprint density at radius 2 is 1.92 bits per heavy atom. The third-order valence-corrected chi connectivity index (χ3v) is 2.90. The van der Waals surface area contributed by atoms with Crippen molar-refractivity contribution in [2.75, 3.05) is 5.32 Å². The molecule has 9 heteroatoms. The van der Waals surface area contributed by atoms with E-state index in [0.717, 1.165) is 6.07 Å². The van der Waals surface area contributed by atoms with Crippen LogP contribution in [0.2, 0.25) is 0 Å². The first kappa shape index (κ1) is 19.9. The van der Waals surface area contributed by atoms with E-state index in [-0.39, 0.29) is 17.0 Å². The maximum absolute atomic E-state index is 12.4. The van der Waals surface area contributed by atoms with Gasteiger partial charge in [0.05, 0.1) is 5.69 Å². The zero-order chi connectivity index (χ0) is 19.2. The molecule has 0 aliphatic rings. The van der Waals surface area contributed by atoms with E-state index in [1.165, 1.54) is 12.1 Å². The standard InChI is InChI=1S/C16H20N2O7/c1-16(2,3)25-15(24)18-12(14(22)23)7-13(21)10-6-9(20)4-5-11(10)17-8-19/h4-6,8,12,20H,7H2,1-3H3,(H,17,19)(H,18,24)(H,22,23). The van der Waals surface area contributed by atoms with Crippen LogP contribution in [0.5, 0.6) is 5.75 Å². The Morgan fingerprint density at radius 1 is 1.28 bits per heavy atom. The zero-order valence-corrected chi connectivity index (χ0v) is 14.0. The van der Waals surface area contributed by atoms with Crippen molar-refractivity contribution < 1.29 is 34.1 Å². The van der Waals surface area contributed by atoms with Gasteiger partial charge < -0.3 is 25.6 Å². The molecule has 0 aliphatic carbocycles. The number of Topliss-reactive ketones (excluding diaryl/α,β-unsaturated/α-hetero) is 1. The fourth-order valence-corrected chi connectivity index (χ4v) is 1.90. The summed E-state index contributed by atoms with van der Waals surface area (Å²) in [7, 11) is 0. The van der Waals surface area contributed by atoms with Crippen LogP contribution in [0.4, 0.5) is 10.5 Å². The quantitative estimate of drug-likeness (QED) is 0.331. The molecule has 0 aliphatic heterocycles. The third-order valence-electron chi connectivity index (χ3n) is 2.90. The Bertz CT molecular complexity index is 680. The number of phenols is 1. The van der Waals surface area contributed by atoms with E-state index in [1.807, 2.05) is 0 Å². The summed E-state index contributed by atoms with van der Waals surface area (Å²) in [6.45, 7) is 4.83. The SMILES string of the molecule is CC(C)(C)OC(=O)NC(CC(=O)c1cc(O)ccc1NC=O)C(=O)O. The molecule has 4 N–H and O–H groups in total. The summed E-state index contributed by atoms with van der Waals surface area (Å²) in [6.07, 6.45) is -1.22. The molecule has 1 unspecified atom stereocenters. The smallest absolute Gasteiger partial charge is 0.408 e. The fourth-order valence-electron chi connectivity index (χ4n) is 1.90. The molecule has 0 fully saturated rings. The Labute approximate surface area is 144 Å². The summed E-state index contributed by atoms with van der Waals surface area (Å²) in [4.78, 5) is 46.0. The minimum absolute atomic E-state index is 0.0793. The number of nitrogens with one attached hydrogen (secondary N) is 2. The van der Waals surface area contributed by atoms with Crippen molar-refractivity contribution in [2.24, 2.45) is 0 Å². The number of carboxylic acid groups (broad SMARTS) is 1. The second kappa shape index (κ2) is 8.13. The number of carbonyl (C=O) groups excluding carboxylic acids is 3. The van der Waals surface area contributed by atoms with Gasteiger partial charge in [0.1, 0.15) is 17.4 Å². The lowest BCUT2D eigenvalue weighted by atomic mass is 10.0. The number of aromatic hydroxyl groups is 1. The lowest BCUT2D eigenvalue weighted by Crippen LogP contribution is -2.44. The van der Waals surface area contributed by atoms with Gasteiger partial charge in [-0.1, -0.05) is 0 Å². The van der Waals surface area contributed by atoms with Crippen LogP contribution in [-0.2, 0) is 14.3 Å². The van der Waals surface area contributed by atoms with E-state index in [2.05, 4.69) is 10.6 Å². The van der Waals surface area contributed by atoms with Crippen molar-refractivity contribution in [3.8, 4) is 5.75 Å². The summed E-state index contributed by atoms with van der Waals surface area (Å²) >= 11 is 0. The molecular formula is C16H20N2O7. The first-order valence-electron chi connectivity index (χ1n) is 7.32. The minimum Gasteiger partial charge on any atom is -0.508 e. The maximum atomic E-state index is 12.4. The predicted molar refractivity (Wildman–Crippen MR) is 87.5 cm³/mol. The Balaban J connectivity index is 2.94. The van der Waals surface area contributed by atoms with Crippen LogP contribution in [-0.4, -0.2) is 46.1 Å². The van der Waals surface area contributed by atoms with E-state index in [0.29, 0.717) is 6.41 Å². The number of carbonyl (C=O) groups is 4. The van der Waals surface area contributed by atoms with Gasteiger partial charge in [-0.05, 0) is 39.0 Å². The molecule has 1 aromatic rings. The third kappa shape index (κ3) is 6.50. The van der Waals surface area contributed by atoms with Gasteiger partial charge in [-0.3, -0.25) is 9.59 Å². The number of hydrogen-bond acceptors (Lipinski definition) is 6. The second-order valence-electron chi connectivity index (χ2n) is 6.16. The second-order valence-corrected chi connectivity index (χ2v) is 6.16. The normalized spacial score (nSPS) is 12.0. The number of alkyl carbamates (subject to hydrolysis) is 1. The Kier molecular flexibility index (Phi) is 6.49. The first-order chi connectivity index (χ1) is 11.5. The van der Waals surface area contributed by atoms with E-state index in [1.54, 1.807) is 20.8 Å². The van der Waals surface area contributed by atoms with Gasteiger partial charge in [-0.15, -0.1) is 0 Å². The molecule has 1 rings (SSSR count). The van der Waals surface area contributed by atoms with Crippen LogP contribution >= 0.6 is 0 Å². The average molecular weight is 352 g/mol. The highest BCUT2D eigenvalue weighted by molar-refractivity contribution is 6.05. The van der Waals surface area contributed by atoms with Crippen LogP contribution in [0.3, 0.4) is 0 Å². The summed E-state index contributed by atoms with van der Waals surface area (Å²) in [5, 5.41) is 23.1.